The van der Waals surface area contributed by atoms with E-state index in [1.807, 2.05) is 35.7 Å². The maximum absolute atomic E-state index is 13.2. The summed E-state index contributed by atoms with van der Waals surface area (Å²) >= 11 is 1.55. The van der Waals surface area contributed by atoms with Gasteiger partial charge in [0.25, 0.3) is 5.91 Å². The molecular weight excluding hydrogens is 386 g/mol. The van der Waals surface area contributed by atoms with Gasteiger partial charge < -0.3 is 19.5 Å². The number of amides is 2. The molecule has 29 heavy (non-hydrogen) atoms. The molecule has 1 aliphatic heterocycles. The number of thiophene rings is 1. The number of benzene rings is 1. The number of nitrogens with one attached hydrogen (secondary N) is 1. The number of para-hydroxylation sites is 1. The van der Waals surface area contributed by atoms with Crippen LogP contribution in [-0.2, 0) is 4.79 Å². The standard InChI is InChI=1S/C22H23N3O3S/c1-2-24-11-13-25(14-12-24)22(27)21-20(17-7-3-4-8-18(17)28-21)23-19(26)10-9-16-6-5-15-29-16/h3-10,15H,2,11-14H2,1H3,(H,23,26). The molecule has 0 saturated carbocycles. The minimum absolute atomic E-state index is 0.186. The average Bonchev–Trinajstić information content (AvgIpc) is 3.40. The third-order valence-electron chi connectivity index (χ3n) is 5.09. The van der Waals surface area contributed by atoms with Crippen molar-refractivity contribution in [2.75, 3.05) is 38.0 Å². The Kier molecular flexibility index (Phi) is 5.78. The van der Waals surface area contributed by atoms with E-state index in [4.69, 9.17) is 4.42 Å². The van der Waals surface area contributed by atoms with Crippen LogP contribution in [0.1, 0.15) is 22.4 Å². The first-order valence-electron chi connectivity index (χ1n) is 9.71. The molecule has 2 aromatic heterocycles. The van der Waals surface area contributed by atoms with Crippen LogP contribution in [0.4, 0.5) is 5.69 Å². The topological polar surface area (TPSA) is 65.8 Å². The molecule has 0 bridgehead atoms. The summed E-state index contributed by atoms with van der Waals surface area (Å²) in [4.78, 5) is 30.8. The van der Waals surface area contributed by atoms with E-state index in [0.717, 1.165) is 29.9 Å². The molecule has 0 spiro atoms. The van der Waals surface area contributed by atoms with Crippen LogP contribution < -0.4 is 5.32 Å². The van der Waals surface area contributed by atoms with Gasteiger partial charge in [0.2, 0.25) is 11.7 Å². The van der Waals surface area contributed by atoms with Crippen molar-refractivity contribution >= 4 is 45.9 Å². The normalized spacial score (nSPS) is 15.3. The van der Waals surface area contributed by atoms with Gasteiger partial charge >= 0.3 is 0 Å². The third kappa shape index (κ3) is 4.26. The van der Waals surface area contributed by atoms with Crippen molar-refractivity contribution in [3.63, 3.8) is 0 Å². The third-order valence-corrected chi connectivity index (χ3v) is 5.92. The molecule has 1 N–H and O–H groups in total. The first kappa shape index (κ1) is 19.4. The summed E-state index contributed by atoms with van der Waals surface area (Å²) in [5, 5.41) is 5.54. The summed E-state index contributed by atoms with van der Waals surface area (Å²) in [5.41, 5.74) is 1.02. The van der Waals surface area contributed by atoms with Crippen molar-refractivity contribution in [1.29, 1.82) is 0 Å². The van der Waals surface area contributed by atoms with Gasteiger partial charge in [-0.2, -0.15) is 0 Å². The van der Waals surface area contributed by atoms with Gasteiger partial charge in [-0.05, 0) is 36.2 Å². The number of fused-ring (bicyclic) bond motifs is 1. The Bertz CT molecular complexity index is 1030. The molecule has 7 heteroatoms. The fourth-order valence-corrected chi connectivity index (χ4v) is 4.06. The molecule has 0 aliphatic carbocycles. The molecule has 0 radical (unpaired) electrons. The first-order valence-corrected chi connectivity index (χ1v) is 10.6. The Morgan fingerprint density at radius 1 is 1.14 bits per heavy atom. The Hall–Kier alpha value is -2.90. The van der Waals surface area contributed by atoms with Crippen LogP contribution in [0.3, 0.4) is 0 Å². The minimum atomic E-state index is -0.296. The van der Waals surface area contributed by atoms with Crippen molar-refractivity contribution in [3.8, 4) is 0 Å². The van der Waals surface area contributed by atoms with Gasteiger partial charge in [0.1, 0.15) is 11.3 Å². The van der Waals surface area contributed by atoms with Gasteiger partial charge in [-0.25, -0.2) is 0 Å². The van der Waals surface area contributed by atoms with Crippen molar-refractivity contribution in [2.24, 2.45) is 0 Å². The van der Waals surface area contributed by atoms with Crippen molar-refractivity contribution < 1.29 is 14.0 Å². The number of likely N-dealkylation sites (N-methyl/N-ethyl adjacent to an activating group) is 1. The smallest absolute Gasteiger partial charge is 0.291 e. The first-order chi connectivity index (χ1) is 14.2. The number of furan rings is 1. The lowest BCUT2D eigenvalue weighted by Crippen LogP contribution is -2.48. The summed E-state index contributed by atoms with van der Waals surface area (Å²) in [5.74, 6) is -0.293. The largest absolute Gasteiger partial charge is 0.449 e. The second-order valence-electron chi connectivity index (χ2n) is 6.87. The Balaban J connectivity index is 1.59. The van der Waals surface area contributed by atoms with Crippen LogP contribution in [0, 0.1) is 0 Å². The van der Waals surface area contributed by atoms with E-state index in [2.05, 4.69) is 17.1 Å². The molecule has 150 valence electrons. The summed E-state index contributed by atoms with van der Waals surface area (Å²) in [6.07, 6.45) is 3.23. The maximum atomic E-state index is 13.2. The highest BCUT2D eigenvalue weighted by Gasteiger charge is 2.28. The molecule has 0 atom stereocenters. The van der Waals surface area contributed by atoms with E-state index in [-0.39, 0.29) is 17.6 Å². The summed E-state index contributed by atoms with van der Waals surface area (Å²) < 4.78 is 5.88. The second kappa shape index (κ2) is 8.63. The van der Waals surface area contributed by atoms with Crippen LogP contribution in [0.5, 0.6) is 0 Å². The number of anilines is 1. The highest BCUT2D eigenvalue weighted by atomic mass is 32.1. The predicted molar refractivity (Wildman–Crippen MR) is 116 cm³/mol. The summed E-state index contributed by atoms with van der Waals surface area (Å²) in [6.45, 7) is 6.07. The molecule has 6 nitrogen and oxygen atoms in total. The lowest BCUT2D eigenvalue weighted by molar-refractivity contribution is -0.111. The molecule has 2 amide bonds. The van der Waals surface area contributed by atoms with Gasteiger partial charge in [0, 0.05) is 42.5 Å². The fourth-order valence-electron chi connectivity index (χ4n) is 3.44. The molecule has 4 rings (SSSR count). The van der Waals surface area contributed by atoms with Gasteiger partial charge in [-0.3, -0.25) is 9.59 Å². The SMILES string of the molecule is CCN1CCN(C(=O)c2oc3ccccc3c2NC(=O)C=Cc2cccs2)CC1. The van der Waals surface area contributed by atoms with E-state index in [1.165, 1.54) is 6.08 Å². The van der Waals surface area contributed by atoms with E-state index in [1.54, 1.807) is 28.4 Å². The Morgan fingerprint density at radius 3 is 2.66 bits per heavy atom. The van der Waals surface area contributed by atoms with Gasteiger partial charge in [-0.15, -0.1) is 11.3 Å². The lowest BCUT2D eigenvalue weighted by atomic mass is 10.2. The lowest BCUT2D eigenvalue weighted by Gasteiger charge is -2.33. The fraction of sp³-hybridized carbons (Fsp3) is 0.273. The monoisotopic (exact) mass is 409 g/mol. The minimum Gasteiger partial charge on any atom is -0.449 e. The predicted octanol–water partition coefficient (Wildman–Crippen LogP) is 3.92. The number of piperazine rings is 1. The average molecular weight is 410 g/mol. The number of hydrogen-bond donors (Lipinski definition) is 1. The van der Waals surface area contributed by atoms with E-state index < -0.39 is 0 Å². The van der Waals surface area contributed by atoms with E-state index in [9.17, 15) is 9.59 Å². The zero-order valence-corrected chi connectivity index (χ0v) is 17.1. The summed E-state index contributed by atoms with van der Waals surface area (Å²) in [6, 6.07) is 11.2. The van der Waals surface area contributed by atoms with E-state index in [0.29, 0.717) is 24.4 Å². The van der Waals surface area contributed by atoms with Crippen molar-refractivity contribution in [3.05, 3.63) is 58.5 Å². The Morgan fingerprint density at radius 2 is 1.93 bits per heavy atom. The molecule has 1 fully saturated rings. The van der Waals surface area contributed by atoms with Gasteiger partial charge in [0.15, 0.2) is 0 Å². The zero-order valence-electron chi connectivity index (χ0n) is 16.3. The second-order valence-corrected chi connectivity index (χ2v) is 7.85. The van der Waals surface area contributed by atoms with Crippen molar-refractivity contribution in [1.82, 2.24) is 9.80 Å². The van der Waals surface area contributed by atoms with Crippen LogP contribution in [0.2, 0.25) is 0 Å². The van der Waals surface area contributed by atoms with Crippen LogP contribution in [0.15, 0.2) is 52.3 Å². The molecule has 1 aliphatic rings. The number of nitrogens with zero attached hydrogens (tertiary/aromatic N) is 2. The molecule has 3 aromatic rings. The van der Waals surface area contributed by atoms with Crippen LogP contribution >= 0.6 is 11.3 Å². The number of rotatable bonds is 5. The molecule has 1 saturated heterocycles. The molecule has 0 unspecified atom stereocenters. The van der Waals surface area contributed by atoms with Gasteiger partial charge in [0.05, 0.1) is 0 Å². The van der Waals surface area contributed by atoms with E-state index >= 15 is 0 Å². The zero-order chi connectivity index (χ0) is 20.2. The van der Waals surface area contributed by atoms with Crippen molar-refractivity contribution in [2.45, 2.75) is 6.92 Å². The molecular formula is C22H23N3O3S. The number of hydrogen-bond acceptors (Lipinski definition) is 5. The summed E-state index contributed by atoms with van der Waals surface area (Å²) in [7, 11) is 0. The quantitative estimate of drug-likeness (QED) is 0.649. The molecule has 3 heterocycles. The highest BCUT2D eigenvalue weighted by Crippen LogP contribution is 2.32. The van der Waals surface area contributed by atoms with Crippen LogP contribution in [0.25, 0.3) is 17.0 Å². The number of carbonyl (C=O) groups excluding carboxylic acids is 2. The van der Waals surface area contributed by atoms with Crippen LogP contribution in [-0.4, -0.2) is 54.3 Å². The van der Waals surface area contributed by atoms with Gasteiger partial charge in [-0.1, -0.05) is 25.1 Å². The Labute approximate surface area is 173 Å². The molecule has 1 aromatic carbocycles. The highest BCUT2D eigenvalue weighted by molar-refractivity contribution is 7.10. The number of carbonyl (C=O) groups is 2. The maximum Gasteiger partial charge on any atom is 0.291 e.